The molecule has 1 aromatic carbocycles. The first-order valence-corrected chi connectivity index (χ1v) is 13.3. The third-order valence-corrected chi connectivity index (χ3v) is 8.42. The van der Waals surface area contributed by atoms with E-state index in [0.717, 1.165) is 43.6 Å². The standard InChI is InChI=1S/C28H45NO6/c1-7-26(18-30)19-33-28(34-20-26)16-25(5,6)29(27(8-2,9-3)17-28)35-21(4)22-10-12-23(13-11-22)31-14-24-15-32-24/h10-13,21,24,30H,7-9,14-20H2,1-6H3. The lowest BCUT2D eigenvalue weighted by atomic mass is 9.72. The van der Waals surface area contributed by atoms with E-state index in [1.165, 1.54) is 0 Å². The molecule has 0 amide bonds. The van der Waals surface area contributed by atoms with Crippen LogP contribution in [0, 0.1) is 5.41 Å². The minimum atomic E-state index is -0.656. The Morgan fingerprint density at radius 1 is 1.03 bits per heavy atom. The third-order valence-electron chi connectivity index (χ3n) is 8.42. The summed E-state index contributed by atoms with van der Waals surface area (Å²) in [5, 5.41) is 12.2. The smallest absolute Gasteiger partial charge is 0.172 e. The average molecular weight is 492 g/mol. The minimum absolute atomic E-state index is 0.0839. The van der Waals surface area contributed by atoms with Crippen molar-refractivity contribution < 1.29 is 28.9 Å². The zero-order chi connectivity index (χ0) is 25.3. The van der Waals surface area contributed by atoms with Gasteiger partial charge in [0.1, 0.15) is 24.6 Å². The summed E-state index contributed by atoms with van der Waals surface area (Å²) in [4.78, 5) is 6.78. The van der Waals surface area contributed by atoms with Gasteiger partial charge in [0.15, 0.2) is 5.79 Å². The van der Waals surface area contributed by atoms with Gasteiger partial charge in [0.2, 0.25) is 0 Å². The van der Waals surface area contributed by atoms with Gasteiger partial charge in [0.05, 0.1) is 32.0 Å². The number of hydrogen-bond donors (Lipinski definition) is 1. The monoisotopic (exact) mass is 491 g/mol. The van der Waals surface area contributed by atoms with Crippen LogP contribution in [0.15, 0.2) is 24.3 Å². The summed E-state index contributed by atoms with van der Waals surface area (Å²) in [5.41, 5.74) is 0.268. The van der Waals surface area contributed by atoms with Crippen LogP contribution < -0.4 is 4.74 Å². The zero-order valence-corrected chi connectivity index (χ0v) is 22.5. The van der Waals surface area contributed by atoms with E-state index in [9.17, 15) is 5.11 Å². The summed E-state index contributed by atoms with van der Waals surface area (Å²) in [6.07, 6.45) is 4.25. The number of aliphatic hydroxyl groups is 1. The molecule has 0 radical (unpaired) electrons. The maximum absolute atomic E-state index is 9.95. The van der Waals surface area contributed by atoms with Gasteiger partial charge in [-0.15, -0.1) is 0 Å². The minimum Gasteiger partial charge on any atom is -0.491 e. The van der Waals surface area contributed by atoms with Crippen molar-refractivity contribution in [2.45, 2.75) is 103 Å². The lowest BCUT2D eigenvalue weighted by molar-refractivity contribution is -0.396. The van der Waals surface area contributed by atoms with Gasteiger partial charge in [0.25, 0.3) is 0 Å². The molecule has 0 aliphatic carbocycles. The maximum atomic E-state index is 9.95. The summed E-state index contributed by atoms with van der Waals surface area (Å²) in [7, 11) is 0. The van der Waals surface area contributed by atoms with Crippen molar-refractivity contribution in [1.29, 1.82) is 0 Å². The number of hydroxylamine groups is 2. The number of piperidine rings is 1. The molecule has 7 heteroatoms. The van der Waals surface area contributed by atoms with Crippen molar-refractivity contribution in [3.8, 4) is 5.75 Å². The molecular formula is C28H45NO6. The van der Waals surface area contributed by atoms with E-state index >= 15 is 0 Å². The van der Waals surface area contributed by atoms with Crippen molar-refractivity contribution in [3.63, 3.8) is 0 Å². The van der Waals surface area contributed by atoms with Gasteiger partial charge in [-0.3, -0.25) is 4.84 Å². The predicted octanol–water partition coefficient (Wildman–Crippen LogP) is 5.02. The Balaban J connectivity index is 1.49. The summed E-state index contributed by atoms with van der Waals surface area (Å²) < 4.78 is 24.0. The van der Waals surface area contributed by atoms with Crippen LogP contribution >= 0.6 is 0 Å². The summed E-state index contributed by atoms with van der Waals surface area (Å²) in [5.74, 6) is 0.197. The van der Waals surface area contributed by atoms with Gasteiger partial charge < -0.3 is 24.1 Å². The van der Waals surface area contributed by atoms with Crippen LogP contribution in [0.2, 0.25) is 0 Å². The fourth-order valence-corrected chi connectivity index (χ4v) is 5.72. The number of nitrogens with zero attached hydrogens (tertiary/aromatic N) is 1. The van der Waals surface area contributed by atoms with Gasteiger partial charge >= 0.3 is 0 Å². The summed E-state index contributed by atoms with van der Waals surface area (Å²) in [6, 6.07) is 8.17. The van der Waals surface area contributed by atoms with Gasteiger partial charge in [-0.1, -0.05) is 32.9 Å². The fourth-order valence-electron chi connectivity index (χ4n) is 5.72. The van der Waals surface area contributed by atoms with Crippen LogP contribution in [0.5, 0.6) is 5.75 Å². The highest BCUT2D eigenvalue weighted by molar-refractivity contribution is 5.28. The molecule has 3 saturated heterocycles. The molecule has 3 aliphatic rings. The average Bonchev–Trinajstić information content (AvgIpc) is 3.70. The SMILES string of the molecule is CCC1(CO)COC2(CC(C)(C)N(OC(C)c3ccc(OCC4CO4)cc3)C(CC)(CC)C2)OC1. The fraction of sp³-hybridized carbons (Fsp3) is 0.786. The molecule has 1 spiro atoms. The second-order valence-electron chi connectivity index (χ2n) is 11.5. The number of benzene rings is 1. The Hall–Kier alpha value is -1.22. The molecule has 0 bridgehead atoms. The van der Waals surface area contributed by atoms with Crippen LogP contribution in [-0.4, -0.2) is 66.2 Å². The lowest BCUT2D eigenvalue weighted by Crippen LogP contribution is -2.69. The molecule has 3 aliphatic heterocycles. The van der Waals surface area contributed by atoms with Gasteiger partial charge in [-0.05, 0) is 57.7 Å². The van der Waals surface area contributed by atoms with Crippen molar-refractivity contribution in [3.05, 3.63) is 29.8 Å². The highest BCUT2D eigenvalue weighted by Gasteiger charge is 2.59. The lowest BCUT2D eigenvalue weighted by Gasteiger charge is -2.61. The molecule has 3 fully saturated rings. The van der Waals surface area contributed by atoms with Gasteiger partial charge in [0, 0.05) is 23.8 Å². The Labute approximate surface area is 211 Å². The predicted molar refractivity (Wildman–Crippen MR) is 134 cm³/mol. The van der Waals surface area contributed by atoms with Gasteiger partial charge in [-0.2, -0.15) is 5.06 Å². The molecule has 4 rings (SSSR count). The van der Waals surface area contributed by atoms with E-state index in [1.54, 1.807) is 0 Å². The molecule has 1 N–H and O–H groups in total. The molecule has 0 saturated carbocycles. The largest absolute Gasteiger partial charge is 0.491 e. The van der Waals surface area contributed by atoms with E-state index in [4.69, 9.17) is 23.8 Å². The number of ether oxygens (including phenoxy) is 4. The van der Waals surface area contributed by atoms with Crippen molar-refractivity contribution in [2.75, 3.05) is 33.0 Å². The zero-order valence-electron chi connectivity index (χ0n) is 22.5. The van der Waals surface area contributed by atoms with E-state index in [-0.39, 0.29) is 35.3 Å². The Bertz CT molecular complexity index is 818. The normalized spacial score (nSPS) is 32.9. The molecule has 7 nitrogen and oxygen atoms in total. The van der Waals surface area contributed by atoms with Crippen molar-refractivity contribution in [2.24, 2.45) is 5.41 Å². The molecule has 0 aromatic heterocycles. The quantitative estimate of drug-likeness (QED) is 0.461. The van der Waals surface area contributed by atoms with Gasteiger partial charge in [-0.25, -0.2) is 0 Å². The first kappa shape index (κ1) is 26.8. The molecule has 2 unspecified atom stereocenters. The Kier molecular flexibility index (Phi) is 7.87. The molecule has 3 heterocycles. The van der Waals surface area contributed by atoms with E-state index < -0.39 is 5.79 Å². The highest BCUT2D eigenvalue weighted by Crippen LogP contribution is 2.52. The number of hydrogen-bond acceptors (Lipinski definition) is 7. The van der Waals surface area contributed by atoms with Crippen LogP contribution in [0.3, 0.4) is 0 Å². The third kappa shape index (κ3) is 5.55. The number of epoxide rings is 1. The number of rotatable bonds is 10. The first-order chi connectivity index (χ1) is 16.6. The van der Waals surface area contributed by atoms with Crippen molar-refractivity contribution in [1.82, 2.24) is 5.06 Å². The second-order valence-corrected chi connectivity index (χ2v) is 11.5. The Morgan fingerprint density at radius 2 is 1.66 bits per heavy atom. The second kappa shape index (κ2) is 10.3. The first-order valence-electron chi connectivity index (χ1n) is 13.3. The molecular weight excluding hydrogens is 446 g/mol. The maximum Gasteiger partial charge on any atom is 0.172 e. The highest BCUT2D eigenvalue weighted by atomic mass is 16.7. The van der Waals surface area contributed by atoms with Crippen LogP contribution in [0.25, 0.3) is 0 Å². The summed E-state index contributed by atoms with van der Waals surface area (Å²) in [6.45, 7) is 15.6. The Morgan fingerprint density at radius 3 is 2.17 bits per heavy atom. The van der Waals surface area contributed by atoms with E-state index in [0.29, 0.717) is 26.2 Å². The van der Waals surface area contributed by atoms with Crippen LogP contribution in [0.4, 0.5) is 0 Å². The van der Waals surface area contributed by atoms with Crippen LogP contribution in [-0.2, 0) is 19.0 Å². The van der Waals surface area contributed by atoms with E-state index in [1.807, 2.05) is 12.1 Å². The van der Waals surface area contributed by atoms with E-state index in [2.05, 4.69) is 58.7 Å². The molecule has 2 atom stereocenters. The molecule has 198 valence electrons. The molecule has 1 aromatic rings. The number of aliphatic hydroxyl groups excluding tert-OH is 1. The van der Waals surface area contributed by atoms with Crippen LogP contribution in [0.1, 0.15) is 85.3 Å². The molecule has 35 heavy (non-hydrogen) atoms. The van der Waals surface area contributed by atoms with Crippen molar-refractivity contribution >= 4 is 0 Å². The topological polar surface area (TPSA) is 72.9 Å². The summed E-state index contributed by atoms with van der Waals surface area (Å²) >= 11 is 0.